The number of ether oxygens (including phenoxy) is 2. The van der Waals surface area contributed by atoms with Crippen LogP contribution in [0, 0.1) is 0 Å². The molecule has 1 aliphatic heterocycles. The second kappa shape index (κ2) is 8.20. The molecular formula is C20H19N3O3S2. The Labute approximate surface area is 171 Å². The highest BCUT2D eigenvalue weighted by Crippen LogP contribution is 2.37. The largest absolute Gasteiger partial charge is 0.486 e. The van der Waals surface area contributed by atoms with E-state index in [1.54, 1.807) is 18.3 Å². The lowest BCUT2D eigenvalue weighted by molar-refractivity contribution is 0.102. The van der Waals surface area contributed by atoms with Gasteiger partial charge in [0.2, 0.25) is 0 Å². The molecule has 0 atom stereocenters. The summed E-state index contributed by atoms with van der Waals surface area (Å²) >= 11 is 2.84. The van der Waals surface area contributed by atoms with Crippen molar-refractivity contribution in [2.45, 2.75) is 29.7 Å². The number of anilines is 1. The van der Waals surface area contributed by atoms with Crippen molar-refractivity contribution in [3.8, 4) is 11.5 Å². The Hall–Kier alpha value is -2.58. The van der Waals surface area contributed by atoms with Gasteiger partial charge in [0.05, 0.1) is 11.3 Å². The summed E-state index contributed by atoms with van der Waals surface area (Å²) in [5.74, 6) is 1.54. The first kappa shape index (κ1) is 18.8. The van der Waals surface area contributed by atoms with Crippen LogP contribution in [0.3, 0.4) is 0 Å². The molecule has 28 heavy (non-hydrogen) atoms. The fourth-order valence-electron chi connectivity index (χ4n) is 2.62. The van der Waals surface area contributed by atoms with Crippen LogP contribution in [0.1, 0.15) is 35.8 Å². The van der Waals surface area contributed by atoms with Crippen molar-refractivity contribution >= 4 is 34.1 Å². The number of carbonyl (C=O) groups is 1. The van der Waals surface area contributed by atoms with Gasteiger partial charge in [0.15, 0.2) is 16.6 Å². The molecule has 3 heterocycles. The van der Waals surface area contributed by atoms with E-state index in [0.717, 1.165) is 16.3 Å². The molecule has 1 N–H and O–H groups in total. The molecule has 0 radical (unpaired) electrons. The van der Waals surface area contributed by atoms with Crippen molar-refractivity contribution in [2.24, 2.45) is 0 Å². The summed E-state index contributed by atoms with van der Waals surface area (Å²) in [5.41, 5.74) is 1.47. The molecule has 8 heteroatoms. The van der Waals surface area contributed by atoms with Crippen molar-refractivity contribution in [1.82, 2.24) is 9.97 Å². The van der Waals surface area contributed by atoms with Crippen molar-refractivity contribution in [3.63, 3.8) is 0 Å². The molecule has 144 valence electrons. The second-order valence-electron chi connectivity index (χ2n) is 6.45. The smallest absolute Gasteiger partial charge is 0.260 e. The van der Waals surface area contributed by atoms with Crippen LogP contribution in [-0.2, 0) is 0 Å². The lowest BCUT2D eigenvalue weighted by atomic mass is 10.2. The topological polar surface area (TPSA) is 73.3 Å². The zero-order valence-corrected chi connectivity index (χ0v) is 17.1. The van der Waals surface area contributed by atoms with E-state index in [9.17, 15) is 4.79 Å². The van der Waals surface area contributed by atoms with Crippen molar-refractivity contribution in [2.75, 3.05) is 18.5 Å². The zero-order valence-electron chi connectivity index (χ0n) is 15.5. The van der Waals surface area contributed by atoms with Gasteiger partial charge in [0, 0.05) is 16.5 Å². The van der Waals surface area contributed by atoms with Crippen LogP contribution >= 0.6 is 23.1 Å². The minimum Gasteiger partial charge on any atom is -0.486 e. The van der Waals surface area contributed by atoms with Gasteiger partial charge in [0.25, 0.3) is 5.91 Å². The van der Waals surface area contributed by atoms with Gasteiger partial charge >= 0.3 is 0 Å². The van der Waals surface area contributed by atoms with Gasteiger partial charge in [-0.25, -0.2) is 9.97 Å². The van der Waals surface area contributed by atoms with E-state index in [2.05, 4.69) is 29.1 Å². The Bertz CT molecular complexity index is 1000. The summed E-state index contributed by atoms with van der Waals surface area (Å²) in [6, 6.07) is 9.24. The number of thiazole rings is 1. The number of hydrogen-bond acceptors (Lipinski definition) is 7. The molecule has 0 bridgehead atoms. The molecule has 1 aliphatic rings. The third kappa shape index (κ3) is 4.13. The van der Waals surface area contributed by atoms with E-state index in [0.29, 0.717) is 40.6 Å². The molecule has 0 saturated heterocycles. The van der Waals surface area contributed by atoms with Gasteiger partial charge in [-0.1, -0.05) is 25.6 Å². The molecular weight excluding hydrogens is 394 g/mol. The van der Waals surface area contributed by atoms with Crippen LogP contribution in [0.4, 0.5) is 5.13 Å². The minimum absolute atomic E-state index is 0.224. The Balaban J connectivity index is 1.54. The number of hydrogen-bond donors (Lipinski definition) is 1. The fraction of sp³-hybridized carbons (Fsp3) is 0.250. The Morgan fingerprint density at radius 2 is 2.04 bits per heavy atom. The number of pyridine rings is 1. The minimum atomic E-state index is -0.224. The van der Waals surface area contributed by atoms with Crippen molar-refractivity contribution in [1.29, 1.82) is 0 Å². The molecule has 0 spiro atoms. The van der Waals surface area contributed by atoms with Gasteiger partial charge < -0.3 is 9.47 Å². The van der Waals surface area contributed by atoms with Gasteiger partial charge in [-0.05, 0) is 36.2 Å². The number of amides is 1. The maximum Gasteiger partial charge on any atom is 0.260 e. The average Bonchev–Trinajstić information content (AvgIpc) is 3.17. The van der Waals surface area contributed by atoms with Gasteiger partial charge in [0.1, 0.15) is 18.2 Å². The summed E-state index contributed by atoms with van der Waals surface area (Å²) in [4.78, 5) is 22.6. The fourth-order valence-corrected chi connectivity index (χ4v) is 4.39. The first-order valence-corrected chi connectivity index (χ1v) is 10.6. The van der Waals surface area contributed by atoms with Gasteiger partial charge in [-0.2, -0.15) is 0 Å². The molecule has 2 aromatic heterocycles. The maximum absolute atomic E-state index is 12.8. The van der Waals surface area contributed by atoms with Crippen LogP contribution in [0.5, 0.6) is 11.5 Å². The second-order valence-corrected chi connectivity index (χ2v) is 8.37. The van der Waals surface area contributed by atoms with Crippen LogP contribution in [0.2, 0.25) is 0 Å². The summed E-state index contributed by atoms with van der Waals surface area (Å²) in [6.45, 7) is 5.23. The normalized spacial score (nSPS) is 12.8. The Morgan fingerprint density at radius 1 is 1.21 bits per heavy atom. The molecule has 3 aromatic rings. The molecule has 0 aliphatic carbocycles. The third-order valence-corrected chi connectivity index (χ3v) is 5.86. The van der Waals surface area contributed by atoms with E-state index in [1.165, 1.54) is 23.1 Å². The van der Waals surface area contributed by atoms with Crippen LogP contribution in [-0.4, -0.2) is 29.1 Å². The van der Waals surface area contributed by atoms with Crippen LogP contribution in [0.15, 0.2) is 51.8 Å². The van der Waals surface area contributed by atoms with Crippen LogP contribution in [0.25, 0.3) is 0 Å². The molecule has 1 aromatic carbocycles. The van der Waals surface area contributed by atoms with E-state index in [4.69, 9.17) is 9.47 Å². The van der Waals surface area contributed by atoms with E-state index in [-0.39, 0.29) is 5.91 Å². The Morgan fingerprint density at radius 3 is 2.82 bits per heavy atom. The number of aromatic nitrogens is 2. The lowest BCUT2D eigenvalue weighted by Crippen LogP contribution is -2.15. The lowest BCUT2D eigenvalue weighted by Gasteiger charge is -2.18. The predicted molar refractivity (Wildman–Crippen MR) is 110 cm³/mol. The molecule has 4 rings (SSSR count). The standard InChI is InChI=1S/C20H19N3O3S2/c1-12(2)15-11-27-20(22-15)23-18(24)14-4-3-7-21-19(14)28-13-5-6-16-17(10-13)26-9-8-25-16/h3-7,10-12H,8-9H2,1-2H3,(H,22,23,24). The highest BCUT2D eigenvalue weighted by atomic mass is 32.2. The number of carbonyl (C=O) groups excluding carboxylic acids is 1. The number of rotatable bonds is 5. The predicted octanol–water partition coefficient (Wildman–Crippen LogP) is 4.84. The summed E-state index contributed by atoms with van der Waals surface area (Å²) in [7, 11) is 0. The number of nitrogens with zero attached hydrogens (tertiary/aromatic N) is 2. The summed E-state index contributed by atoms with van der Waals surface area (Å²) < 4.78 is 11.2. The summed E-state index contributed by atoms with van der Waals surface area (Å²) in [6.07, 6.45) is 1.68. The Kier molecular flexibility index (Phi) is 5.50. The molecule has 0 fully saturated rings. The molecule has 6 nitrogen and oxygen atoms in total. The number of fused-ring (bicyclic) bond motifs is 1. The molecule has 1 amide bonds. The van der Waals surface area contributed by atoms with E-state index < -0.39 is 0 Å². The average molecular weight is 414 g/mol. The molecule has 0 saturated carbocycles. The quantitative estimate of drug-likeness (QED) is 0.645. The maximum atomic E-state index is 12.8. The monoisotopic (exact) mass is 413 g/mol. The highest BCUT2D eigenvalue weighted by molar-refractivity contribution is 7.99. The van der Waals surface area contributed by atoms with Gasteiger partial charge in [-0.15, -0.1) is 11.3 Å². The SMILES string of the molecule is CC(C)c1csc(NC(=O)c2cccnc2Sc2ccc3c(c2)OCCO3)n1. The number of benzene rings is 1. The first-order valence-electron chi connectivity index (χ1n) is 8.89. The highest BCUT2D eigenvalue weighted by Gasteiger charge is 2.17. The zero-order chi connectivity index (χ0) is 19.5. The summed E-state index contributed by atoms with van der Waals surface area (Å²) in [5, 5.41) is 6.06. The number of nitrogens with one attached hydrogen (secondary N) is 1. The van der Waals surface area contributed by atoms with Crippen molar-refractivity contribution in [3.05, 3.63) is 53.2 Å². The first-order chi connectivity index (χ1) is 13.6. The van der Waals surface area contributed by atoms with Gasteiger partial charge in [-0.3, -0.25) is 10.1 Å². The van der Waals surface area contributed by atoms with E-state index in [1.807, 2.05) is 23.6 Å². The molecule has 0 unspecified atom stereocenters. The van der Waals surface area contributed by atoms with Crippen LogP contribution < -0.4 is 14.8 Å². The third-order valence-electron chi connectivity index (χ3n) is 4.08. The van der Waals surface area contributed by atoms with E-state index >= 15 is 0 Å². The van der Waals surface area contributed by atoms with Crippen molar-refractivity contribution < 1.29 is 14.3 Å².